The first-order valence-electron chi connectivity index (χ1n) is 3.88. The summed E-state index contributed by atoms with van der Waals surface area (Å²) in [6.45, 7) is 0. The first-order chi connectivity index (χ1) is 6.83. The third-order valence-electron chi connectivity index (χ3n) is 1.85. The van der Waals surface area contributed by atoms with Crippen LogP contribution in [-0.2, 0) is 0 Å². The average Bonchev–Trinajstić information content (AvgIpc) is 2.61. The summed E-state index contributed by atoms with van der Waals surface area (Å²) in [5.74, 6) is -0.523. The highest BCUT2D eigenvalue weighted by molar-refractivity contribution is 7.17. The van der Waals surface area contributed by atoms with E-state index in [-0.39, 0.29) is 0 Å². The molecular formula is C9H5N3OS. The van der Waals surface area contributed by atoms with Crippen molar-refractivity contribution in [3.8, 4) is 0 Å². The standard InChI is InChI=1S/C9H5N3OS/c10-12-11-9(13)7-5-14-8-4-2-1-3-6(7)8/h1-5H. The van der Waals surface area contributed by atoms with E-state index in [1.54, 1.807) is 5.38 Å². The SMILES string of the molecule is [N-]=[N+]=NC(=O)c1csc2ccccc12. The second-order valence-corrected chi connectivity index (χ2v) is 3.55. The molecule has 0 saturated heterocycles. The molecule has 14 heavy (non-hydrogen) atoms. The molecule has 0 aliphatic heterocycles. The van der Waals surface area contributed by atoms with Crippen LogP contribution >= 0.6 is 11.3 Å². The van der Waals surface area contributed by atoms with Crippen LogP contribution in [0.1, 0.15) is 10.4 Å². The van der Waals surface area contributed by atoms with E-state index < -0.39 is 5.91 Å². The summed E-state index contributed by atoms with van der Waals surface area (Å²) in [5, 5.41) is 5.62. The summed E-state index contributed by atoms with van der Waals surface area (Å²) in [7, 11) is 0. The van der Waals surface area contributed by atoms with Gasteiger partial charge in [-0.1, -0.05) is 18.2 Å². The number of amides is 1. The van der Waals surface area contributed by atoms with Gasteiger partial charge in [0.1, 0.15) is 0 Å². The summed E-state index contributed by atoms with van der Waals surface area (Å²) in [4.78, 5) is 13.8. The summed E-state index contributed by atoms with van der Waals surface area (Å²) < 4.78 is 1.02. The molecule has 0 aliphatic carbocycles. The van der Waals surface area contributed by atoms with Crippen LogP contribution in [-0.4, -0.2) is 5.91 Å². The molecule has 0 bridgehead atoms. The molecule has 1 amide bonds. The molecule has 0 fully saturated rings. The number of carbonyl (C=O) groups is 1. The van der Waals surface area contributed by atoms with Gasteiger partial charge in [0.25, 0.3) is 5.91 Å². The Kier molecular flexibility index (Phi) is 2.18. The van der Waals surface area contributed by atoms with Crippen LogP contribution in [0.3, 0.4) is 0 Å². The number of thiophene rings is 1. The molecule has 0 aliphatic rings. The molecule has 1 aromatic carbocycles. The quantitative estimate of drug-likeness (QED) is 0.398. The van der Waals surface area contributed by atoms with Gasteiger partial charge >= 0.3 is 0 Å². The molecule has 1 heterocycles. The molecule has 4 nitrogen and oxygen atoms in total. The zero-order chi connectivity index (χ0) is 9.97. The van der Waals surface area contributed by atoms with Gasteiger partial charge in [-0.25, -0.2) is 0 Å². The Labute approximate surface area is 83.4 Å². The van der Waals surface area contributed by atoms with Crippen molar-refractivity contribution in [2.75, 3.05) is 0 Å². The number of azide groups is 1. The van der Waals surface area contributed by atoms with Gasteiger partial charge in [0, 0.05) is 25.9 Å². The molecule has 0 unspecified atom stereocenters. The van der Waals surface area contributed by atoms with E-state index in [0.717, 1.165) is 10.1 Å². The molecule has 68 valence electrons. The lowest BCUT2D eigenvalue weighted by Crippen LogP contribution is -1.89. The van der Waals surface area contributed by atoms with E-state index in [0.29, 0.717) is 5.56 Å². The van der Waals surface area contributed by atoms with Crippen molar-refractivity contribution >= 4 is 27.3 Å². The maximum Gasteiger partial charge on any atom is 0.250 e. The lowest BCUT2D eigenvalue weighted by Gasteiger charge is -1.90. The number of nitrogens with zero attached hydrogens (tertiary/aromatic N) is 3. The van der Waals surface area contributed by atoms with E-state index >= 15 is 0 Å². The van der Waals surface area contributed by atoms with Gasteiger partial charge in [-0.15, -0.1) is 11.3 Å². The molecule has 2 rings (SSSR count). The number of benzene rings is 1. The first kappa shape index (κ1) is 8.74. The minimum absolute atomic E-state index is 0.475. The number of rotatable bonds is 1. The van der Waals surface area contributed by atoms with Crippen LogP contribution in [0.5, 0.6) is 0 Å². The third-order valence-corrected chi connectivity index (χ3v) is 2.81. The van der Waals surface area contributed by atoms with Gasteiger partial charge < -0.3 is 0 Å². The molecule has 1 aromatic heterocycles. The smallest absolute Gasteiger partial charge is 0.250 e. The molecule has 0 atom stereocenters. The molecule has 0 spiro atoms. The van der Waals surface area contributed by atoms with Gasteiger partial charge in [0.15, 0.2) is 0 Å². The van der Waals surface area contributed by atoms with E-state index in [9.17, 15) is 4.79 Å². The Morgan fingerprint density at radius 3 is 3.00 bits per heavy atom. The zero-order valence-electron chi connectivity index (χ0n) is 7.04. The van der Waals surface area contributed by atoms with E-state index in [4.69, 9.17) is 5.53 Å². The normalized spacial score (nSPS) is 9.71. The van der Waals surface area contributed by atoms with Crippen molar-refractivity contribution in [2.24, 2.45) is 5.11 Å². The fraction of sp³-hybridized carbons (Fsp3) is 0. The Hall–Kier alpha value is -1.84. The first-order valence-corrected chi connectivity index (χ1v) is 4.76. The van der Waals surface area contributed by atoms with Gasteiger partial charge in [-0.3, -0.25) is 4.79 Å². The van der Waals surface area contributed by atoms with Gasteiger partial charge in [-0.05, 0) is 16.7 Å². The Balaban J connectivity index is 2.64. The van der Waals surface area contributed by atoms with Crippen molar-refractivity contribution in [1.29, 1.82) is 0 Å². The molecule has 0 saturated carbocycles. The van der Waals surface area contributed by atoms with Gasteiger partial charge in [0.05, 0.1) is 0 Å². The number of hydrogen-bond donors (Lipinski definition) is 0. The maximum atomic E-state index is 11.3. The lowest BCUT2D eigenvalue weighted by molar-refractivity contribution is 0.100. The summed E-state index contributed by atoms with van der Waals surface area (Å²) in [6.07, 6.45) is 0. The van der Waals surface area contributed by atoms with Crippen LogP contribution in [0.25, 0.3) is 20.5 Å². The van der Waals surface area contributed by atoms with E-state index in [1.807, 2.05) is 24.3 Å². The Bertz CT molecular complexity index is 540. The van der Waals surface area contributed by atoms with Gasteiger partial charge in [-0.2, -0.15) is 0 Å². The highest BCUT2D eigenvalue weighted by Gasteiger charge is 2.09. The number of carbonyl (C=O) groups excluding carboxylic acids is 1. The minimum Gasteiger partial charge on any atom is -0.287 e. The number of fused-ring (bicyclic) bond motifs is 1. The van der Waals surface area contributed by atoms with Crippen LogP contribution in [0, 0.1) is 0 Å². The van der Waals surface area contributed by atoms with E-state index in [2.05, 4.69) is 10.0 Å². The molecule has 0 N–H and O–H groups in total. The lowest BCUT2D eigenvalue weighted by atomic mass is 10.2. The highest BCUT2D eigenvalue weighted by Crippen LogP contribution is 2.25. The average molecular weight is 203 g/mol. The maximum absolute atomic E-state index is 11.3. The van der Waals surface area contributed by atoms with Crippen LogP contribution in [0.4, 0.5) is 0 Å². The summed E-state index contributed by atoms with van der Waals surface area (Å²) in [6, 6.07) is 7.52. The van der Waals surface area contributed by atoms with E-state index in [1.165, 1.54) is 11.3 Å². The van der Waals surface area contributed by atoms with Crippen molar-refractivity contribution in [3.05, 3.63) is 45.7 Å². The molecular weight excluding hydrogens is 198 g/mol. The topological polar surface area (TPSA) is 65.8 Å². The van der Waals surface area contributed by atoms with Crippen molar-refractivity contribution in [2.45, 2.75) is 0 Å². The van der Waals surface area contributed by atoms with Crippen LogP contribution < -0.4 is 0 Å². The number of hydrogen-bond acceptors (Lipinski definition) is 2. The largest absolute Gasteiger partial charge is 0.287 e. The van der Waals surface area contributed by atoms with Crippen molar-refractivity contribution < 1.29 is 4.79 Å². The molecule has 0 radical (unpaired) electrons. The van der Waals surface area contributed by atoms with Crippen molar-refractivity contribution in [3.63, 3.8) is 0 Å². The minimum atomic E-state index is -0.523. The highest BCUT2D eigenvalue weighted by atomic mass is 32.1. The second kappa shape index (κ2) is 3.49. The predicted octanol–water partition coefficient (Wildman–Crippen LogP) is 3.35. The monoisotopic (exact) mass is 203 g/mol. The second-order valence-electron chi connectivity index (χ2n) is 2.64. The predicted molar refractivity (Wildman–Crippen MR) is 55.3 cm³/mol. The van der Waals surface area contributed by atoms with Crippen molar-refractivity contribution in [1.82, 2.24) is 0 Å². The fourth-order valence-electron chi connectivity index (χ4n) is 1.24. The van der Waals surface area contributed by atoms with Crippen LogP contribution in [0.2, 0.25) is 0 Å². The van der Waals surface area contributed by atoms with Gasteiger partial charge in [0.2, 0.25) is 0 Å². The zero-order valence-corrected chi connectivity index (χ0v) is 7.86. The molecule has 2 aromatic rings. The third kappa shape index (κ3) is 1.35. The molecule has 5 heteroatoms. The summed E-state index contributed by atoms with van der Waals surface area (Å²) in [5.41, 5.74) is 8.62. The Morgan fingerprint density at radius 2 is 2.21 bits per heavy atom. The Morgan fingerprint density at radius 1 is 1.43 bits per heavy atom. The fourth-order valence-corrected chi connectivity index (χ4v) is 2.17. The van der Waals surface area contributed by atoms with Crippen LogP contribution in [0.15, 0.2) is 34.8 Å². The summed E-state index contributed by atoms with van der Waals surface area (Å²) >= 11 is 1.46.